The molecule has 0 aliphatic carbocycles. The highest BCUT2D eigenvalue weighted by Gasteiger charge is 2.12. The van der Waals surface area contributed by atoms with Gasteiger partial charge < -0.3 is 10.3 Å². The first-order valence-corrected chi connectivity index (χ1v) is 6.48. The highest BCUT2D eigenvalue weighted by Crippen LogP contribution is 2.17. The quantitative estimate of drug-likeness (QED) is 0.770. The maximum absolute atomic E-state index is 12.1. The SMILES string of the molecule is CCn1c(CN)cc(=O)n2nc(-c3ccccn3)cc12. The zero-order valence-corrected chi connectivity index (χ0v) is 11.2. The number of fused-ring (bicyclic) bond motifs is 1. The number of hydrogen-bond donors (Lipinski definition) is 1. The van der Waals surface area contributed by atoms with Crippen molar-refractivity contribution < 1.29 is 0 Å². The number of rotatable bonds is 3. The van der Waals surface area contributed by atoms with Gasteiger partial charge in [-0.2, -0.15) is 9.61 Å². The summed E-state index contributed by atoms with van der Waals surface area (Å²) in [5, 5.41) is 4.35. The summed E-state index contributed by atoms with van der Waals surface area (Å²) >= 11 is 0. The Kier molecular flexibility index (Phi) is 3.08. The van der Waals surface area contributed by atoms with Crippen molar-refractivity contribution in [2.24, 2.45) is 5.73 Å². The topological polar surface area (TPSA) is 78.2 Å². The Hall–Kier alpha value is -2.47. The van der Waals surface area contributed by atoms with Crippen LogP contribution in [0.2, 0.25) is 0 Å². The Morgan fingerprint density at radius 2 is 2.10 bits per heavy atom. The van der Waals surface area contributed by atoms with Gasteiger partial charge >= 0.3 is 0 Å². The summed E-state index contributed by atoms with van der Waals surface area (Å²) in [5.74, 6) is 0. The normalized spacial score (nSPS) is 11.1. The van der Waals surface area contributed by atoms with Crippen LogP contribution in [0.15, 0.2) is 41.3 Å². The van der Waals surface area contributed by atoms with Gasteiger partial charge in [-0.3, -0.25) is 9.78 Å². The number of hydrogen-bond acceptors (Lipinski definition) is 4. The minimum absolute atomic E-state index is 0.174. The first-order chi connectivity index (χ1) is 9.74. The molecule has 0 spiro atoms. The summed E-state index contributed by atoms with van der Waals surface area (Å²) in [4.78, 5) is 16.3. The highest BCUT2D eigenvalue weighted by molar-refractivity contribution is 5.60. The molecule has 0 saturated carbocycles. The fourth-order valence-corrected chi connectivity index (χ4v) is 2.33. The second-order valence-electron chi connectivity index (χ2n) is 4.44. The van der Waals surface area contributed by atoms with Gasteiger partial charge in [-0.25, -0.2) is 0 Å². The molecule has 0 atom stereocenters. The van der Waals surface area contributed by atoms with Gasteiger partial charge in [-0.05, 0) is 19.1 Å². The van der Waals surface area contributed by atoms with Crippen LogP contribution in [0.4, 0.5) is 0 Å². The summed E-state index contributed by atoms with van der Waals surface area (Å²) < 4.78 is 3.38. The summed E-state index contributed by atoms with van der Waals surface area (Å²) in [6.45, 7) is 3.06. The third kappa shape index (κ3) is 1.90. The molecule has 6 nitrogen and oxygen atoms in total. The molecule has 102 valence electrons. The van der Waals surface area contributed by atoms with E-state index in [0.29, 0.717) is 12.2 Å². The lowest BCUT2D eigenvalue weighted by molar-refractivity contribution is 0.690. The molecule has 2 N–H and O–H groups in total. The van der Waals surface area contributed by atoms with Crippen LogP contribution in [0.5, 0.6) is 0 Å². The van der Waals surface area contributed by atoms with E-state index < -0.39 is 0 Å². The molecule has 0 aliphatic rings. The molecule has 0 aliphatic heterocycles. The number of nitrogens with two attached hydrogens (primary N) is 1. The molecule has 3 heterocycles. The Morgan fingerprint density at radius 1 is 1.25 bits per heavy atom. The van der Waals surface area contributed by atoms with Crippen LogP contribution in [0.1, 0.15) is 12.6 Å². The molecule has 3 aromatic rings. The molecule has 3 rings (SSSR count). The van der Waals surface area contributed by atoms with Gasteiger partial charge in [0.15, 0.2) is 0 Å². The lowest BCUT2D eigenvalue weighted by Crippen LogP contribution is -2.22. The lowest BCUT2D eigenvalue weighted by atomic mass is 10.3. The van der Waals surface area contributed by atoms with Crippen molar-refractivity contribution in [3.63, 3.8) is 0 Å². The monoisotopic (exact) mass is 269 g/mol. The van der Waals surface area contributed by atoms with Crippen molar-refractivity contribution in [1.29, 1.82) is 0 Å². The number of pyridine rings is 1. The molecule has 0 aromatic carbocycles. The van der Waals surface area contributed by atoms with Gasteiger partial charge in [0.05, 0.1) is 5.69 Å². The predicted molar refractivity (Wildman–Crippen MR) is 76.2 cm³/mol. The predicted octanol–water partition coefficient (Wildman–Crippen LogP) is 1.04. The minimum Gasteiger partial charge on any atom is -0.329 e. The van der Waals surface area contributed by atoms with E-state index in [9.17, 15) is 4.79 Å². The van der Waals surface area contributed by atoms with Crippen LogP contribution >= 0.6 is 0 Å². The highest BCUT2D eigenvalue weighted by atomic mass is 16.1. The second kappa shape index (κ2) is 4.90. The summed E-state index contributed by atoms with van der Waals surface area (Å²) in [5.41, 5.74) is 8.49. The van der Waals surface area contributed by atoms with Crippen molar-refractivity contribution in [2.75, 3.05) is 0 Å². The molecule has 0 fully saturated rings. The number of nitrogens with zero attached hydrogens (tertiary/aromatic N) is 4. The summed E-state index contributed by atoms with van der Waals surface area (Å²) in [6, 6.07) is 9.01. The average Bonchev–Trinajstić information content (AvgIpc) is 2.93. The van der Waals surface area contributed by atoms with E-state index in [1.165, 1.54) is 10.6 Å². The van der Waals surface area contributed by atoms with Gasteiger partial charge in [0.2, 0.25) is 0 Å². The largest absolute Gasteiger partial charge is 0.329 e. The van der Waals surface area contributed by atoms with Crippen molar-refractivity contribution in [3.8, 4) is 11.4 Å². The molecule has 0 saturated heterocycles. The summed E-state index contributed by atoms with van der Waals surface area (Å²) in [6.07, 6.45) is 1.71. The average molecular weight is 269 g/mol. The Morgan fingerprint density at radius 3 is 2.75 bits per heavy atom. The molecule has 0 amide bonds. The van der Waals surface area contributed by atoms with Crippen LogP contribution < -0.4 is 11.3 Å². The van der Waals surface area contributed by atoms with E-state index >= 15 is 0 Å². The van der Waals surface area contributed by atoms with Crippen molar-refractivity contribution in [3.05, 3.63) is 52.6 Å². The van der Waals surface area contributed by atoms with Gasteiger partial charge in [-0.15, -0.1) is 0 Å². The standard InChI is InChI=1S/C14H15N5O/c1-2-18-10(9-15)7-14(20)19-13(18)8-12(17-19)11-5-3-4-6-16-11/h3-8H,2,9,15H2,1H3. The molecular weight excluding hydrogens is 254 g/mol. The first-order valence-electron chi connectivity index (χ1n) is 6.48. The zero-order valence-electron chi connectivity index (χ0n) is 11.2. The fourth-order valence-electron chi connectivity index (χ4n) is 2.33. The van der Waals surface area contributed by atoms with Crippen molar-refractivity contribution in [1.82, 2.24) is 19.2 Å². The Balaban J connectivity index is 2.30. The summed E-state index contributed by atoms with van der Waals surface area (Å²) in [7, 11) is 0. The van der Waals surface area contributed by atoms with Crippen LogP contribution in [0.25, 0.3) is 17.0 Å². The van der Waals surface area contributed by atoms with Gasteiger partial charge in [0, 0.05) is 37.1 Å². The van der Waals surface area contributed by atoms with Crippen LogP contribution in [0.3, 0.4) is 0 Å². The van der Waals surface area contributed by atoms with E-state index in [1.807, 2.05) is 35.8 Å². The molecule has 3 aromatic heterocycles. The van der Waals surface area contributed by atoms with E-state index in [0.717, 1.165) is 23.6 Å². The second-order valence-corrected chi connectivity index (χ2v) is 4.44. The van der Waals surface area contributed by atoms with E-state index in [4.69, 9.17) is 5.73 Å². The van der Waals surface area contributed by atoms with Crippen molar-refractivity contribution >= 4 is 5.65 Å². The molecule has 0 radical (unpaired) electrons. The Labute approximate surface area is 115 Å². The van der Waals surface area contributed by atoms with Gasteiger partial charge in [0.1, 0.15) is 11.3 Å². The molecule has 20 heavy (non-hydrogen) atoms. The minimum atomic E-state index is -0.174. The number of aryl methyl sites for hydroxylation is 1. The fraction of sp³-hybridized carbons (Fsp3) is 0.214. The third-order valence-corrected chi connectivity index (χ3v) is 3.27. The number of aromatic nitrogens is 4. The maximum Gasteiger partial charge on any atom is 0.274 e. The van der Waals surface area contributed by atoms with Crippen LogP contribution in [-0.4, -0.2) is 19.2 Å². The van der Waals surface area contributed by atoms with Crippen LogP contribution in [0, 0.1) is 0 Å². The van der Waals surface area contributed by atoms with E-state index in [-0.39, 0.29) is 5.56 Å². The maximum atomic E-state index is 12.1. The first kappa shape index (κ1) is 12.6. The van der Waals surface area contributed by atoms with Crippen molar-refractivity contribution in [2.45, 2.75) is 20.0 Å². The van der Waals surface area contributed by atoms with E-state index in [2.05, 4.69) is 10.1 Å². The molecule has 0 unspecified atom stereocenters. The van der Waals surface area contributed by atoms with Crippen LogP contribution in [-0.2, 0) is 13.1 Å². The lowest BCUT2D eigenvalue weighted by Gasteiger charge is -2.10. The smallest absolute Gasteiger partial charge is 0.274 e. The van der Waals surface area contributed by atoms with E-state index in [1.54, 1.807) is 6.20 Å². The van der Waals surface area contributed by atoms with Gasteiger partial charge in [0.25, 0.3) is 5.56 Å². The third-order valence-electron chi connectivity index (χ3n) is 3.27. The molecule has 0 bridgehead atoms. The molecular formula is C14H15N5O. The Bertz CT molecular complexity index is 804. The van der Waals surface area contributed by atoms with Gasteiger partial charge in [-0.1, -0.05) is 6.07 Å². The molecule has 6 heteroatoms. The zero-order chi connectivity index (χ0) is 14.1.